The summed E-state index contributed by atoms with van der Waals surface area (Å²) in [6.45, 7) is 14.6. The van der Waals surface area contributed by atoms with Gasteiger partial charge in [0.2, 0.25) is 5.71 Å². The van der Waals surface area contributed by atoms with Crippen molar-refractivity contribution in [1.82, 2.24) is 9.97 Å². The van der Waals surface area contributed by atoms with Gasteiger partial charge in [-0.05, 0) is 74.1 Å². The van der Waals surface area contributed by atoms with E-state index in [0.717, 1.165) is 74.4 Å². The van der Waals surface area contributed by atoms with Crippen molar-refractivity contribution in [1.29, 1.82) is 0 Å². The second kappa shape index (κ2) is 9.77. The van der Waals surface area contributed by atoms with E-state index in [1.54, 1.807) is 0 Å². The third kappa shape index (κ3) is 4.15. The number of benzene rings is 2. The molecule has 202 valence electrons. The van der Waals surface area contributed by atoms with Crippen molar-refractivity contribution in [3.05, 3.63) is 119 Å². The minimum Gasteiger partial charge on any atom is -0.437 e. The molecule has 2 aliphatic rings. The molecule has 0 saturated heterocycles. The van der Waals surface area contributed by atoms with Crippen molar-refractivity contribution in [2.24, 2.45) is 9.98 Å². The Hall–Kier alpha value is -4.64. The molecule has 3 aromatic heterocycles. The van der Waals surface area contributed by atoms with Crippen molar-refractivity contribution in [2.75, 3.05) is 0 Å². The molecule has 2 unspecified atom stereocenters. The van der Waals surface area contributed by atoms with E-state index >= 15 is 0 Å². The Balaban J connectivity index is 1.38. The van der Waals surface area contributed by atoms with Gasteiger partial charge in [0, 0.05) is 51.8 Å². The predicted octanol–water partition coefficient (Wildman–Crippen LogP) is 8.46. The van der Waals surface area contributed by atoms with E-state index < -0.39 is 0 Å². The molecule has 0 amide bonds. The minimum absolute atomic E-state index is 0.0825. The Morgan fingerprint density at radius 3 is 2.63 bits per heavy atom. The van der Waals surface area contributed by atoms with E-state index in [-0.39, 0.29) is 12.0 Å². The topological polar surface area (TPSA) is 63.6 Å². The first kappa shape index (κ1) is 25.3. The standard InChI is InChI=1S/C36H32N4O/c1-6-30-26-12-8-7-11-25(26)27-15-13-24-14-16-28-29-18-21(3)34(33-20(2)10-9-17-37-33)40-36(29)41-35(28)32(24)23(5)38-22(4)19-31(27)39-30/h6-12,14,16-18,27,31H,1,4,13,15,19H2,2-3,5H3/b38-23-. The number of nitrogens with zero attached hydrogens (tertiary/aromatic N) is 4. The van der Waals surface area contributed by atoms with Crippen LogP contribution in [0.4, 0.5) is 0 Å². The van der Waals surface area contributed by atoms with Crippen LogP contribution in [-0.4, -0.2) is 27.4 Å². The maximum atomic E-state index is 6.59. The second-order valence-electron chi connectivity index (χ2n) is 11.2. The van der Waals surface area contributed by atoms with Crippen molar-refractivity contribution in [3.8, 4) is 11.4 Å². The third-order valence-electron chi connectivity index (χ3n) is 8.60. The fourth-order valence-corrected chi connectivity index (χ4v) is 6.67. The Labute approximate surface area is 240 Å². The van der Waals surface area contributed by atoms with Crippen molar-refractivity contribution >= 4 is 33.5 Å². The van der Waals surface area contributed by atoms with Gasteiger partial charge >= 0.3 is 0 Å². The maximum absolute atomic E-state index is 6.59. The summed E-state index contributed by atoms with van der Waals surface area (Å²) < 4.78 is 6.59. The van der Waals surface area contributed by atoms with Gasteiger partial charge in [0.15, 0.2) is 0 Å². The lowest BCUT2D eigenvalue weighted by Gasteiger charge is -2.32. The number of fused-ring (bicyclic) bond motifs is 8. The zero-order valence-corrected chi connectivity index (χ0v) is 23.7. The number of aromatic nitrogens is 2. The maximum Gasteiger partial charge on any atom is 0.227 e. The lowest BCUT2D eigenvalue weighted by Crippen LogP contribution is -2.27. The van der Waals surface area contributed by atoms with Crippen molar-refractivity contribution in [2.45, 2.75) is 52.0 Å². The second-order valence-corrected chi connectivity index (χ2v) is 11.2. The number of rotatable bonds is 2. The van der Waals surface area contributed by atoms with Gasteiger partial charge in [-0.2, -0.15) is 0 Å². The van der Waals surface area contributed by atoms with Gasteiger partial charge < -0.3 is 4.42 Å². The Kier molecular flexibility index (Phi) is 6.04. The molecule has 2 aromatic carbocycles. The molecule has 2 atom stereocenters. The van der Waals surface area contributed by atoms with Crippen LogP contribution in [0.1, 0.15) is 59.1 Å². The summed E-state index contributed by atoms with van der Waals surface area (Å²) in [5, 5.41) is 2.06. The lowest BCUT2D eigenvalue weighted by molar-refractivity contribution is 0.490. The summed E-state index contributed by atoms with van der Waals surface area (Å²) in [7, 11) is 0. The predicted molar refractivity (Wildman–Crippen MR) is 168 cm³/mol. The SMILES string of the molecule is C=CC1=NC2CC(=C)/N=C(/C)c3c(ccc4c3oc3nc(-c5ncccc5C)c(C)cc34)CCC2c2ccccc21. The minimum atomic E-state index is 0.0825. The average molecular weight is 537 g/mol. The molecule has 5 nitrogen and oxygen atoms in total. The quantitative estimate of drug-likeness (QED) is 0.227. The van der Waals surface area contributed by atoms with Crippen LogP contribution in [0.3, 0.4) is 0 Å². The van der Waals surface area contributed by atoms with Crippen LogP contribution in [0.25, 0.3) is 33.5 Å². The summed E-state index contributed by atoms with van der Waals surface area (Å²) >= 11 is 0. The van der Waals surface area contributed by atoms with E-state index in [1.165, 1.54) is 16.7 Å². The summed E-state index contributed by atoms with van der Waals surface area (Å²) in [6, 6.07) is 19.3. The third-order valence-corrected chi connectivity index (χ3v) is 8.60. The van der Waals surface area contributed by atoms with Crippen LogP contribution in [0.5, 0.6) is 0 Å². The molecule has 0 saturated carbocycles. The molecule has 0 aliphatic carbocycles. The molecule has 0 spiro atoms. The van der Waals surface area contributed by atoms with Crippen molar-refractivity contribution in [3.63, 3.8) is 0 Å². The highest BCUT2D eigenvalue weighted by Gasteiger charge is 2.32. The Morgan fingerprint density at radius 2 is 1.80 bits per heavy atom. The summed E-state index contributed by atoms with van der Waals surface area (Å²) in [4.78, 5) is 19.8. The van der Waals surface area contributed by atoms with E-state index in [2.05, 4.69) is 87.4 Å². The molecule has 5 heterocycles. The first-order chi connectivity index (χ1) is 19.9. The highest BCUT2D eigenvalue weighted by atomic mass is 16.3. The summed E-state index contributed by atoms with van der Waals surface area (Å²) in [5.74, 6) is 0.271. The van der Waals surface area contributed by atoms with Crippen LogP contribution < -0.4 is 0 Å². The summed E-state index contributed by atoms with van der Waals surface area (Å²) in [6.07, 6.45) is 6.24. The average Bonchev–Trinajstić information content (AvgIpc) is 3.32. The number of allylic oxidation sites excluding steroid dienone is 1. The molecule has 2 aliphatic heterocycles. The van der Waals surface area contributed by atoms with Gasteiger partial charge in [-0.1, -0.05) is 55.6 Å². The summed E-state index contributed by atoms with van der Waals surface area (Å²) in [5.41, 5.74) is 12.8. The van der Waals surface area contributed by atoms with Gasteiger partial charge in [-0.25, -0.2) is 4.98 Å². The molecule has 41 heavy (non-hydrogen) atoms. The van der Waals surface area contributed by atoms with Crippen LogP contribution in [0.15, 0.2) is 100 Å². The van der Waals surface area contributed by atoms with Gasteiger partial charge in [0.25, 0.3) is 0 Å². The van der Waals surface area contributed by atoms with E-state index in [1.807, 2.05) is 18.3 Å². The molecule has 5 heteroatoms. The van der Waals surface area contributed by atoms with Gasteiger partial charge in [0.1, 0.15) is 5.58 Å². The van der Waals surface area contributed by atoms with E-state index in [4.69, 9.17) is 19.4 Å². The van der Waals surface area contributed by atoms with Crippen LogP contribution in [-0.2, 0) is 6.42 Å². The van der Waals surface area contributed by atoms with Gasteiger partial charge in [-0.15, -0.1) is 0 Å². The molecule has 0 bridgehead atoms. The molecular formula is C36H32N4O. The largest absolute Gasteiger partial charge is 0.437 e. The fourth-order valence-electron chi connectivity index (χ4n) is 6.67. The van der Waals surface area contributed by atoms with Crippen LogP contribution >= 0.6 is 0 Å². The van der Waals surface area contributed by atoms with Crippen molar-refractivity contribution < 1.29 is 4.42 Å². The molecule has 7 rings (SSSR count). The molecular weight excluding hydrogens is 504 g/mol. The van der Waals surface area contributed by atoms with Gasteiger partial charge in [0.05, 0.1) is 23.1 Å². The Morgan fingerprint density at radius 1 is 0.951 bits per heavy atom. The number of aliphatic imine (C=N–C) groups is 2. The number of aryl methyl sites for hydroxylation is 3. The van der Waals surface area contributed by atoms with E-state index in [0.29, 0.717) is 12.1 Å². The molecule has 0 N–H and O–H groups in total. The molecule has 0 radical (unpaired) electrons. The first-order valence-corrected chi connectivity index (χ1v) is 14.2. The molecule has 0 fully saturated rings. The lowest BCUT2D eigenvalue weighted by atomic mass is 9.78. The first-order valence-electron chi connectivity index (χ1n) is 14.2. The smallest absolute Gasteiger partial charge is 0.227 e. The zero-order valence-electron chi connectivity index (χ0n) is 23.7. The number of hydrogen-bond acceptors (Lipinski definition) is 5. The molecule has 5 aromatic rings. The number of furan rings is 1. The van der Waals surface area contributed by atoms with E-state index in [9.17, 15) is 0 Å². The number of hydrogen-bond donors (Lipinski definition) is 0. The van der Waals surface area contributed by atoms with Gasteiger partial charge in [-0.3, -0.25) is 15.0 Å². The fraction of sp³-hybridized carbons (Fsp3) is 0.222. The monoisotopic (exact) mass is 536 g/mol. The van der Waals surface area contributed by atoms with Crippen LogP contribution in [0, 0.1) is 13.8 Å². The highest BCUT2D eigenvalue weighted by Crippen LogP contribution is 2.40. The normalized spacial score (nSPS) is 20.0. The number of pyridine rings is 2. The highest BCUT2D eigenvalue weighted by molar-refractivity contribution is 6.15. The zero-order chi connectivity index (χ0) is 28.2. The van der Waals surface area contributed by atoms with Crippen LogP contribution in [0.2, 0.25) is 0 Å². The Bertz CT molecular complexity index is 1960.